The quantitative estimate of drug-likeness (QED) is 0.751. The first kappa shape index (κ1) is 20.6. The Morgan fingerprint density at radius 2 is 2.00 bits per heavy atom. The van der Waals surface area contributed by atoms with Crippen molar-refractivity contribution >= 4 is 29.9 Å². The van der Waals surface area contributed by atoms with Crippen molar-refractivity contribution in [2.45, 2.75) is 31.9 Å². The highest BCUT2D eigenvalue weighted by Gasteiger charge is 2.14. The molecule has 26 heavy (non-hydrogen) atoms. The van der Waals surface area contributed by atoms with Gasteiger partial charge in [0.1, 0.15) is 12.4 Å². The molecule has 1 atom stereocenters. The second-order valence-corrected chi connectivity index (χ2v) is 6.78. The third-order valence-corrected chi connectivity index (χ3v) is 4.50. The Labute approximate surface area is 165 Å². The Bertz CT molecular complexity index is 718. The van der Waals surface area contributed by atoms with Crippen LogP contribution in [0.5, 0.6) is 5.75 Å². The maximum absolute atomic E-state index is 12.1. The zero-order chi connectivity index (χ0) is 17.5. The van der Waals surface area contributed by atoms with Gasteiger partial charge in [-0.2, -0.15) is 0 Å². The van der Waals surface area contributed by atoms with Crippen LogP contribution in [0.1, 0.15) is 24.0 Å². The van der Waals surface area contributed by atoms with Gasteiger partial charge in [0.2, 0.25) is 5.91 Å². The van der Waals surface area contributed by atoms with E-state index < -0.39 is 0 Å². The van der Waals surface area contributed by atoms with Crippen molar-refractivity contribution in [1.29, 1.82) is 0 Å². The molecule has 1 aliphatic heterocycles. The summed E-state index contributed by atoms with van der Waals surface area (Å²) in [5.41, 5.74) is 1.96. The molecule has 2 aromatic carbocycles. The Balaban J connectivity index is 0.00000243. The van der Waals surface area contributed by atoms with Gasteiger partial charge in [0.15, 0.2) is 0 Å². The van der Waals surface area contributed by atoms with Gasteiger partial charge < -0.3 is 15.4 Å². The van der Waals surface area contributed by atoms with E-state index in [2.05, 4.69) is 10.6 Å². The number of hydrogen-bond donors (Lipinski definition) is 2. The standard InChI is InChI=1S/C20H23ClN2O2.ClH/c21-17-6-1-5-16(10-17)14-25-19-8-2-4-15(11-19)12-20(24)23-13-18-7-3-9-22-18;/h1-2,4-6,8,10-11,18,22H,3,7,9,12-14H2,(H,23,24);1H. The molecule has 0 aliphatic carbocycles. The van der Waals surface area contributed by atoms with Crippen LogP contribution in [0.15, 0.2) is 48.5 Å². The van der Waals surface area contributed by atoms with E-state index in [0.29, 0.717) is 30.6 Å². The van der Waals surface area contributed by atoms with Crippen molar-refractivity contribution in [3.63, 3.8) is 0 Å². The van der Waals surface area contributed by atoms with Gasteiger partial charge in [-0.25, -0.2) is 0 Å². The van der Waals surface area contributed by atoms with Crippen LogP contribution < -0.4 is 15.4 Å². The van der Waals surface area contributed by atoms with Gasteiger partial charge in [0.25, 0.3) is 0 Å². The minimum absolute atomic E-state index is 0. The molecule has 4 nitrogen and oxygen atoms in total. The molecular weight excluding hydrogens is 371 g/mol. The van der Waals surface area contributed by atoms with Crippen LogP contribution >= 0.6 is 24.0 Å². The second-order valence-electron chi connectivity index (χ2n) is 6.34. The van der Waals surface area contributed by atoms with Crippen molar-refractivity contribution in [1.82, 2.24) is 10.6 Å². The predicted molar refractivity (Wildman–Crippen MR) is 107 cm³/mol. The van der Waals surface area contributed by atoms with Crippen molar-refractivity contribution in [2.24, 2.45) is 0 Å². The zero-order valence-electron chi connectivity index (χ0n) is 14.5. The topological polar surface area (TPSA) is 50.4 Å². The zero-order valence-corrected chi connectivity index (χ0v) is 16.1. The van der Waals surface area contributed by atoms with Gasteiger partial charge in [-0.05, 0) is 54.8 Å². The Morgan fingerprint density at radius 1 is 1.19 bits per heavy atom. The van der Waals surface area contributed by atoms with Crippen LogP contribution in [-0.2, 0) is 17.8 Å². The summed E-state index contributed by atoms with van der Waals surface area (Å²) in [6.07, 6.45) is 2.68. The summed E-state index contributed by atoms with van der Waals surface area (Å²) < 4.78 is 5.81. The van der Waals surface area contributed by atoms with Gasteiger partial charge in [-0.15, -0.1) is 12.4 Å². The average molecular weight is 395 g/mol. The van der Waals surface area contributed by atoms with Gasteiger partial charge in [0, 0.05) is 17.6 Å². The Kier molecular flexibility index (Phi) is 8.23. The van der Waals surface area contributed by atoms with E-state index in [-0.39, 0.29) is 18.3 Å². The van der Waals surface area contributed by atoms with Gasteiger partial charge in [-0.1, -0.05) is 35.9 Å². The lowest BCUT2D eigenvalue weighted by Gasteiger charge is -2.12. The first-order valence-corrected chi connectivity index (χ1v) is 9.03. The number of nitrogens with one attached hydrogen (secondary N) is 2. The molecule has 1 saturated heterocycles. The summed E-state index contributed by atoms with van der Waals surface area (Å²) in [6, 6.07) is 15.7. The summed E-state index contributed by atoms with van der Waals surface area (Å²) in [5, 5.41) is 7.07. The number of carbonyl (C=O) groups is 1. The number of benzene rings is 2. The van der Waals surface area contributed by atoms with Crippen LogP contribution in [-0.4, -0.2) is 25.0 Å². The fourth-order valence-corrected chi connectivity index (χ4v) is 3.17. The molecule has 1 fully saturated rings. The summed E-state index contributed by atoms with van der Waals surface area (Å²) in [5.74, 6) is 0.795. The Morgan fingerprint density at radius 3 is 2.77 bits per heavy atom. The van der Waals surface area contributed by atoms with E-state index in [9.17, 15) is 4.79 Å². The summed E-state index contributed by atoms with van der Waals surface area (Å²) in [7, 11) is 0. The Hall–Kier alpha value is -1.75. The number of amides is 1. The lowest BCUT2D eigenvalue weighted by molar-refractivity contribution is -0.120. The molecule has 140 valence electrons. The molecule has 0 bridgehead atoms. The molecule has 2 N–H and O–H groups in total. The minimum Gasteiger partial charge on any atom is -0.489 e. The van der Waals surface area contributed by atoms with Crippen LogP contribution in [0.4, 0.5) is 0 Å². The minimum atomic E-state index is 0. The molecule has 0 saturated carbocycles. The number of rotatable bonds is 7. The van der Waals surface area contributed by atoms with E-state index in [4.69, 9.17) is 16.3 Å². The maximum Gasteiger partial charge on any atom is 0.224 e. The molecule has 0 aromatic heterocycles. The van der Waals surface area contributed by atoms with Crippen LogP contribution in [0, 0.1) is 0 Å². The number of ether oxygens (including phenoxy) is 1. The lowest BCUT2D eigenvalue weighted by atomic mass is 10.1. The van der Waals surface area contributed by atoms with Crippen molar-refractivity contribution < 1.29 is 9.53 Å². The molecule has 1 aliphatic rings. The first-order valence-electron chi connectivity index (χ1n) is 8.65. The average Bonchev–Trinajstić information content (AvgIpc) is 3.12. The van der Waals surface area contributed by atoms with Gasteiger partial charge >= 0.3 is 0 Å². The largest absolute Gasteiger partial charge is 0.489 e. The number of carbonyl (C=O) groups excluding carboxylic acids is 1. The van der Waals surface area contributed by atoms with Crippen molar-refractivity contribution in [2.75, 3.05) is 13.1 Å². The third kappa shape index (κ3) is 6.52. The molecule has 1 amide bonds. The predicted octanol–water partition coefficient (Wildman–Crippen LogP) is 3.75. The molecular formula is C20H24Cl2N2O2. The van der Waals surface area contributed by atoms with E-state index in [1.807, 2.05) is 48.5 Å². The van der Waals surface area contributed by atoms with Crippen LogP contribution in [0.3, 0.4) is 0 Å². The lowest BCUT2D eigenvalue weighted by Crippen LogP contribution is -2.37. The number of hydrogen-bond acceptors (Lipinski definition) is 3. The smallest absolute Gasteiger partial charge is 0.224 e. The highest BCUT2D eigenvalue weighted by Crippen LogP contribution is 2.17. The summed E-state index contributed by atoms with van der Waals surface area (Å²) in [6.45, 7) is 2.19. The first-order chi connectivity index (χ1) is 12.2. The van der Waals surface area contributed by atoms with Gasteiger partial charge in [0.05, 0.1) is 6.42 Å². The summed E-state index contributed by atoms with van der Waals surface area (Å²) >= 11 is 5.98. The SMILES string of the molecule is Cl.O=C(Cc1cccc(OCc2cccc(Cl)c2)c1)NCC1CCCN1. The number of halogens is 2. The molecule has 0 spiro atoms. The molecule has 0 radical (unpaired) electrons. The fraction of sp³-hybridized carbons (Fsp3) is 0.350. The molecule has 3 rings (SSSR count). The van der Waals surface area contributed by atoms with Crippen molar-refractivity contribution in [3.05, 3.63) is 64.7 Å². The van der Waals surface area contributed by atoms with E-state index in [1.54, 1.807) is 0 Å². The van der Waals surface area contributed by atoms with E-state index in [1.165, 1.54) is 6.42 Å². The van der Waals surface area contributed by atoms with Crippen LogP contribution in [0.2, 0.25) is 5.02 Å². The molecule has 6 heteroatoms. The second kappa shape index (κ2) is 10.4. The van der Waals surface area contributed by atoms with Crippen molar-refractivity contribution in [3.8, 4) is 5.75 Å². The highest BCUT2D eigenvalue weighted by molar-refractivity contribution is 6.30. The maximum atomic E-state index is 12.1. The van der Waals surface area contributed by atoms with Gasteiger partial charge in [-0.3, -0.25) is 4.79 Å². The van der Waals surface area contributed by atoms with E-state index >= 15 is 0 Å². The molecule has 1 unspecified atom stereocenters. The highest BCUT2D eigenvalue weighted by atomic mass is 35.5. The summed E-state index contributed by atoms with van der Waals surface area (Å²) in [4.78, 5) is 12.1. The monoisotopic (exact) mass is 394 g/mol. The molecule has 2 aromatic rings. The fourth-order valence-electron chi connectivity index (χ4n) is 2.95. The normalized spacial score (nSPS) is 16.0. The molecule has 1 heterocycles. The third-order valence-electron chi connectivity index (χ3n) is 4.27. The van der Waals surface area contributed by atoms with E-state index in [0.717, 1.165) is 29.8 Å². The van der Waals surface area contributed by atoms with Crippen LogP contribution in [0.25, 0.3) is 0 Å².